The highest BCUT2D eigenvalue weighted by atomic mass is 16.2. The lowest BCUT2D eigenvalue weighted by atomic mass is 9.84. The van der Waals surface area contributed by atoms with Crippen molar-refractivity contribution in [2.24, 2.45) is 11.8 Å². The van der Waals surface area contributed by atoms with Gasteiger partial charge in [-0.3, -0.25) is 9.78 Å². The Morgan fingerprint density at radius 3 is 2.86 bits per heavy atom. The molecule has 1 saturated carbocycles. The lowest BCUT2D eigenvalue weighted by molar-refractivity contribution is -0.137. The molecule has 3 nitrogen and oxygen atoms in total. The van der Waals surface area contributed by atoms with Crippen LogP contribution < -0.4 is 0 Å². The predicted octanol–water partition coefficient (Wildman–Crippen LogP) is 3.43. The molecule has 2 aliphatic rings. The summed E-state index contributed by atoms with van der Waals surface area (Å²) in [4.78, 5) is 19.0. The van der Waals surface area contributed by atoms with E-state index in [1.54, 1.807) is 0 Å². The molecule has 2 aromatic rings. The zero-order chi connectivity index (χ0) is 14.9. The number of para-hydroxylation sites is 1. The number of aromatic nitrogens is 1. The third-order valence-electron chi connectivity index (χ3n) is 5.28. The Morgan fingerprint density at radius 1 is 1.18 bits per heavy atom. The van der Waals surface area contributed by atoms with Gasteiger partial charge < -0.3 is 4.90 Å². The fraction of sp³-hybridized carbons (Fsp3) is 0.474. The fourth-order valence-electron chi connectivity index (χ4n) is 3.76. The third kappa shape index (κ3) is 2.49. The van der Waals surface area contributed by atoms with Gasteiger partial charge >= 0.3 is 0 Å². The van der Waals surface area contributed by atoms with Crippen LogP contribution in [0.3, 0.4) is 0 Å². The largest absolute Gasteiger partial charge is 0.342 e. The van der Waals surface area contributed by atoms with Crippen molar-refractivity contribution >= 4 is 16.8 Å². The molecule has 1 aliphatic carbocycles. The number of hydrogen-bond donors (Lipinski definition) is 0. The molecular weight excluding hydrogens is 272 g/mol. The molecule has 1 atom stereocenters. The van der Waals surface area contributed by atoms with E-state index in [4.69, 9.17) is 0 Å². The van der Waals surface area contributed by atoms with E-state index in [0.29, 0.717) is 17.7 Å². The van der Waals surface area contributed by atoms with Crippen LogP contribution in [0.4, 0.5) is 0 Å². The van der Waals surface area contributed by atoms with Crippen molar-refractivity contribution < 1.29 is 4.79 Å². The van der Waals surface area contributed by atoms with E-state index < -0.39 is 0 Å². The second-order valence-electron chi connectivity index (χ2n) is 6.76. The molecule has 2 fully saturated rings. The number of likely N-dealkylation sites (tertiary alicyclic amines) is 1. The van der Waals surface area contributed by atoms with Gasteiger partial charge in [0, 0.05) is 30.6 Å². The first kappa shape index (κ1) is 13.7. The fourth-order valence-corrected chi connectivity index (χ4v) is 3.76. The molecule has 1 saturated heterocycles. The first-order chi connectivity index (χ1) is 10.8. The van der Waals surface area contributed by atoms with E-state index in [-0.39, 0.29) is 0 Å². The Balaban J connectivity index is 1.46. The molecule has 0 spiro atoms. The van der Waals surface area contributed by atoms with Gasteiger partial charge in [-0.15, -0.1) is 0 Å². The van der Waals surface area contributed by atoms with Gasteiger partial charge in [-0.2, -0.15) is 0 Å². The van der Waals surface area contributed by atoms with Crippen LogP contribution in [-0.2, 0) is 11.2 Å². The summed E-state index contributed by atoms with van der Waals surface area (Å²) in [5, 5.41) is 1.21. The number of carbonyl (C=O) groups excluding carboxylic acids is 1. The Kier molecular flexibility index (Phi) is 3.57. The number of hydrogen-bond acceptors (Lipinski definition) is 2. The van der Waals surface area contributed by atoms with E-state index in [2.05, 4.69) is 34.1 Å². The van der Waals surface area contributed by atoms with Crippen molar-refractivity contribution in [1.82, 2.24) is 9.88 Å². The minimum Gasteiger partial charge on any atom is -0.342 e. The van der Waals surface area contributed by atoms with Gasteiger partial charge in [-0.1, -0.05) is 30.7 Å². The number of fused-ring (bicyclic) bond motifs is 1. The standard InChI is InChI=1S/C19H22N2O/c22-19(16-5-2-6-16)21-11-9-14(13-21)12-17-7-1-4-15-8-3-10-20-18(15)17/h1,3-4,7-8,10,14,16H,2,5-6,9,11-13H2/t14-/m0/s1. The molecule has 1 amide bonds. The Labute approximate surface area is 131 Å². The number of rotatable bonds is 3. The summed E-state index contributed by atoms with van der Waals surface area (Å²) < 4.78 is 0. The molecule has 0 N–H and O–H groups in total. The number of carbonyl (C=O) groups is 1. The molecule has 3 heteroatoms. The van der Waals surface area contributed by atoms with Crippen LogP contribution in [0, 0.1) is 11.8 Å². The molecule has 1 aliphatic heterocycles. The first-order valence-corrected chi connectivity index (χ1v) is 8.42. The average Bonchev–Trinajstić information content (AvgIpc) is 2.94. The van der Waals surface area contributed by atoms with Crippen molar-refractivity contribution in [3.8, 4) is 0 Å². The van der Waals surface area contributed by atoms with Gasteiger partial charge in [-0.25, -0.2) is 0 Å². The highest BCUT2D eigenvalue weighted by Gasteiger charge is 2.33. The van der Waals surface area contributed by atoms with Crippen molar-refractivity contribution in [3.05, 3.63) is 42.1 Å². The molecule has 2 heterocycles. The maximum Gasteiger partial charge on any atom is 0.225 e. The topological polar surface area (TPSA) is 33.2 Å². The number of nitrogens with zero attached hydrogens (tertiary/aromatic N) is 2. The van der Waals surface area contributed by atoms with Gasteiger partial charge in [-0.05, 0) is 43.2 Å². The maximum absolute atomic E-state index is 12.4. The number of amides is 1. The van der Waals surface area contributed by atoms with Crippen LogP contribution in [0.15, 0.2) is 36.5 Å². The Bertz CT molecular complexity index is 687. The lowest BCUT2D eigenvalue weighted by Crippen LogP contribution is -2.37. The van der Waals surface area contributed by atoms with Crippen molar-refractivity contribution in [2.45, 2.75) is 32.1 Å². The van der Waals surface area contributed by atoms with Crippen LogP contribution in [0.5, 0.6) is 0 Å². The molecule has 0 unspecified atom stereocenters. The quantitative estimate of drug-likeness (QED) is 0.869. The minimum atomic E-state index is 0.331. The molecule has 4 rings (SSSR count). The average molecular weight is 294 g/mol. The molecule has 22 heavy (non-hydrogen) atoms. The number of pyridine rings is 1. The summed E-state index contributed by atoms with van der Waals surface area (Å²) in [6, 6.07) is 10.5. The van der Waals surface area contributed by atoms with E-state index in [1.807, 2.05) is 12.3 Å². The minimum absolute atomic E-state index is 0.331. The summed E-state index contributed by atoms with van der Waals surface area (Å²) >= 11 is 0. The number of benzene rings is 1. The summed E-state index contributed by atoms with van der Waals surface area (Å²) in [6.45, 7) is 1.87. The van der Waals surface area contributed by atoms with Crippen molar-refractivity contribution in [3.63, 3.8) is 0 Å². The van der Waals surface area contributed by atoms with E-state index in [0.717, 1.165) is 44.3 Å². The van der Waals surface area contributed by atoms with Gasteiger partial charge in [0.25, 0.3) is 0 Å². The maximum atomic E-state index is 12.4. The van der Waals surface area contributed by atoms with E-state index in [1.165, 1.54) is 17.4 Å². The summed E-state index contributed by atoms with van der Waals surface area (Å²) in [5.41, 5.74) is 2.44. The first-order valence-electron chi connectivity index (χ1n) is 8.42. The van der Waals surface area contributed by atoms with E-state index in [9.17, 15) is 4.79 Å². The second-order valence-corrected chi connectivity index (χ2v) is 6.76. The van der Waals surface area contributed by atoms with Gasteiger partial charge in [0.1, 0.15) is 0 Å². The van der Waals surface area contributed by atoms with Crippen molar-refractivity contribution in [1.29, 1.82) is 0 Å². The van der Waals surface area contributed by atoms with E-state index >= 15 is 0 Å². The SMILES string of the molecule is O=C(C1CCC1)N1CC[C@@H](Cc2cccc3cccnc23)C1. The zero-order valence-corrected chi connectivity index (χ0v) is 12.9. The predicted molar refractivity (Wildman–Crippen MR) is 87.5 cm³/mol. The molecule has 1 aromatic heterocycles. The highest BCUT2D eigenvalue weighted by Crippen LogP contribution is 2.31. The van der Waals surface area contributed by atoms with Crippen LogP contribution >= 0.6 is 0 Å². The molecule has 0 bridgehead atoms. The molecule has 1 aromatic carbocycles. The van der Waals surface area contributed by atoms with Gasteiger partial charge in [0.15, 0.2) is 0 Å². The smallest absolute Gasteiger partial charge is 0.225 e. The lowest BCUT2D eigenvalue weighted by Gasteiger charge is -2.29. The molecule has 114 valence electrons. The van der Waals surface area contributed by atoms with Crippen LogP contribution in [0.25, 0.3) is 10.9 Å². The monoisotopic (exact) mass is 294 g/mol. The van der Waals surface area contributed by atoms with Crippen LogP contribution in [-0.4, -0.2) is 28.9 Å². The summed E-state index contributed by atoms with van der Waals surface area (Å²) in [7, 11) is 0. The zero-order valence-electron chi connectivity index (χ0n) is 12.9. The van der Waals surface area contributed by atoms with Crippen LogP contribution in [0.2, 0.25) is 0 Å². The van der Waals surface area contributed by atoms with Crippen LogP contribution in [0.1, 0.15) is 31.2 Å². The summed E-state index contributed by atoms with van der Waals surface area (Å²) in [6.07, 6.45) is 7.47. The second kappa shape index (κ2) is 5.71. The van der Waals surface area contributed by atoms with Crippen molar-refractivity contribution in [2.75, 3.05) is 13.1 Å². The molecular formula is C19H22N2O. The Morgan fingerprint density at radius 2 is 2.05 bits per heavy atom. The Hall–Kier alpha value is -1.90. The van der Waals surface area contributed by atoms with Gasteiger partial charge in [0.2, 0.25) is 5.91 Å². The highest BCUT2D eigenvalue weighted by molar-refractivity contribution is 5.82. The normalized spacial score (nSPS) is 22.0. The van der Waals surface area contributed by atoms with Gasteiger partial charge in [0.05, 0.1) is 5.52 Å². The summed E-state index contributed by atoms with van der Waals surface area (Å²) in [5.74, 6) is 1.32. The molecule has 0 radical (unpaired) electrons. The third-order valence-corrected chi connectivity index (χ3v) is 5.28.